The van der Waals surface area contributed by atoms with Crippen LogP contribution in [0.15, 0.2) is 36.4 Å². The molecule has 0 radical (unpaired) electrons. The number of fused-ring (bicyclic) bond motifs is 1. The second-order valence-electron chi connectivity index (χ2n) is 4.52. The van der Waals surface area contributed by atoms with Crippen LogP contribution in [0, 0.1) is 0 Å². The molecule has 2 aromatic rings. The number of phenols is 4. The molecule has 0 aromatic heterocycles. The number of rotatable bonds is 1. The molecule has 20 heavy (non-hydrogen) atoms. The summed E-state index contributed by atoms with van der Waals surface area (Å²) in [5.41, 5.74) is 1.13. The molecule has 102 valence electrons. The van der Waals surface area contributed by atoms with E-state index in [0.717, 1.165) is 0 Å². The lowest BCUT2D eigenvalue weighted by Crippen LogP contribution is -2.08. The van der Waals surface area contributed by atoms with Gasteiger partial charge in [-0.2, -0.15) is 0 Å². The van der Waals surface area contributed by atoms with Gasteiger partial charge in [0.25, 0.3) is 0 Å². The SMILES string of the molecule is Oc1cc(O)c2c(c1)OC(c1ccc(O)c(O)c1)C=C2. The molecule has 0 spiro atoms. The average molecular weight is 272 g/mol. The van der Waals surface area contributed by atoms with Crippen molar-refractivity contribution in [3.63, 3.8) is 0 Å². The second kappa shape index (κ2) is 4.38. The molecule has 0 saturated heterocycles. The van der Waals surface area contributed by atoms with E-state index in [4.69, 9.17) is 4.74 Å². The Labute approximate surface area is 114 Å². The van der Waals surface area contributed by atoms with Crippen molar-refractivity contribution in [2.45, 2.75) is 6.10 Å². The fourth-order valence-corrected chi connectivity index (χ4v) is 2.12. The summed E-state index contributed by atoms with van der Waals surface area (Å²) in [5.74, 6) is -0.247. The van der Waals surface area contributed by atoms with E-state index in [1.165, 1.54) is 24.3 Å². The highest BCUT2D eigenvalue weighted by Crippen LogP contribution is 2.41. The fraction of sp³-hybridized carbons (Fsp3) is 0.0667. The van der Waals surface area contributed by atoms with E-state index in [0.29, 0.717) is 16.9 Å². The predicted molar refractivity (Wildman–Crippen MR) is 71.9 cm³/mol. The largest absolute Gasteiger partial charge is 0.508 e. The van der Waals surface area contributed by atoms with Crippen molar-refractivity contribution in [1.29, 1.82) is 0 Å². The molecule has 0 saturated carbocycles. The third-order valence-corrected chi connectivity index (χ3v) is 3.12. The molecule has 4 N–H and O–H groups in total. The standard InChI is InChI=1S/C15H12O5/c16-9-6-12(18)10-2-4-14(20-15(10)7-9)8-1-3-11(17)13(19)5-8/h1-7,14,16-19H. The van der Waals surface area contributed by atoms with Crippen LogP contribution in [0.4, 0.5) is 0 Å². The number of hydrogen-bond acceptors (Lipinski definition) is 5. The lowest BCUT2D eigenvalue weighted by Gasteiger charge is -2.22. The van der Waals surface area contributed by atoms with Gasteiger partial charge in [0.1, 0.15) is 23.4 Å². The third kappa shape index (κ3) is 1.99. The van der Waals surface area contributed by atoms with Gasteiger partial charge in [0.05, 0.1) is 5.56 Å². The maximum Gasteiger partial charge on any atom is 0.157 e. The van der Waals surface area contributed by atoms with E-state index < -0.39 is 6.10 Å². The van der Waals surface area contributed by atoms with Crippen LogP contribution in [-0.4, -0.2) is 20.4 Å². The fourth-order valence-electron chi connectivity index (χ4n) is 2.12. The Bertz CT molecular complexity index is 706. The van der Waals surface area contributed by atoms with E-state index in [-0.39, 0.29) is 23.0 Å². The number of ether oxygens (including phenoxy) is 1. The molecule has 2 aromatic carbocycles. The van der Waals surface area contributed by atoms with E-state index in [1.807, 2.05) is 0 Å². The quantitative estimate of drug-likeness (QED) is 0.599. The molecule has 1 aliphatic heterocycles. The van der Waals surface area contributed by atoms with E-state index >= 15 is 0 Å². The van der Waals surface area contributed by atoms with Crippen LogP contribution < -0.4 is 4.74 Å². The third-order valence-electron chi connectivity index (χ3n) is 3.12. The van der Waals surface area contributed by atoms with Gasteiger partial charge in [-0.05, 0) is 24.3 Å². The van der Waals surface area contributed by atoms with E-state index in [1.54, 1.807) is 18.2 Å². The molecular weight excluding hydrogens is 260 g/mol. The van der Waals surface area contributed by atoms with Gasteiger partial charge in [-0.25, -0.2) is 0 Å². The maximum atomic E-state index is 9.71. The monoisotopic (exact) mass is 272 g/mol. The highest BCUT2D eigenvalue weighted by atomic mass is 16.5. The normalized spacial score (nSPS) is 16.5. The van der Waals surface area contributed by atoms with Crippen LogP contribution in [0.25, 0.3) is 6.08 Å². The summed E-state index contributed by atoms with van der Waals surface area (Å²) in [6.45, 7) is 0. The van der Waals surface area contributed by atoms with Crippen molar-refractivity contribution >= 4 is 6.08 Å². The van der Waals surface area contributed by atoms with Crippen molar-refractivity contribution in [2.24, 2.45) is 0 Å². The summed E-state index contributed by atoms with van der Waals surface area (Å²) in [5, 5.41) is 38.0. The van der Waals surface area contributed by atoms with Crippen molar-refractivity contribution < 1.29 is 25.2 Å². The number of aromatic hydroxyl groups is 4. The van der Waals surface area contributed by atoms with Crippen molar-refractivity contribution in [3.8, 4) is 28.7 Å². The highest BCUT2D eigenvalue weighted by Gasteiger charge is 2.20. The molecule has 1 atom stereocenters. The van der Waals surface area contributed by atoms with Crippen LogP contribution in [0.3, 0.4) is 0 Å². The molecule has 0 aliphatic carbocycles. The Morgan fingerprint density at radius 3 is 2.40 bits per heavy atom. The minimum atomic E-state index is -0.477. The Kier molecular flexibility index (Phi) is 2.68. The second-order valence-corrected chi connectivity index (χ2v) is 4.52. The molecule has 3 rings (SSSR count). The smallest absolute Gasteiger partial charge is 0.157 e. The summed E-state index contributed by atoms with van der Waals surface area (Å²) >= 11 is 0. The van der Waals surface area contributed by atoms with E-state index in [2.05, 4.69) is 0 Å². The van der Waals surface area contributed by atoms with Crippen LogP contribution in [-0.2, 0) is 0 Å². The van der Waals surface area contributed by atoms with Crippen molar-refractivity contribution in [3.05, 3.63) is 47.5 Å². The molecule has 1 aliphatic rings. The molecule has 0 amide bonds. The van der Waals surface area contributed by atoms with Gasteiger partial charge in [-0.15, -0.1) is 0 Å². The average Bonchev–Trinajstić information content (AvgIpc) is 2.41. The van der Waals surface area contributed by atoms with Gasteiger partial charge in [0.15, 0.2) is 11.5 Å². The number of hydrogen-bond donors (Lipinski definition) is 4. The van der Waals surface area contributed by atoms with Crippen LogP contribution in [0.2, 0.25) is 0 Å². The summed E-state index contributed by atoms with van der Waals surface area (Å²) in [6.07, 6.45) is 2.92. The highest BCUT2D eigenvalue weighted by molar-refractivity contribution is 5.68. The Balaban J connectivity index is 1.98. The first-order valence-corrected chi connectivity index (χ1v) is 5.97. The van der Waals surface area contributed by atoms with Gasteiger partial charge in [-0.1, -0.05) is 6.07 Å². The molecule has 5 heteroatoms. The molecule has 0 fully saturated rings. The zero-order valence-electron chi connectivity index (χ0n) is 10.3. The van der Waals surface area contributed by atoms with Gasteiger partial charge in [0.2, 0.25) is 0 Å². The first kappa shape index (κ1) is 12.2. The Hall–Kier alpha value is -2.82. The van der Waals surface area contributed by atoms with Gasteiger partial charge in [-0.3, -0.25) is 0 Å². The zero-order valence-corrected chi connectivity index (χ0v) is 10.3. The summed E-state index contributed by atoms with van der Waals surface area (Å²) in [4.78, 5) is 0. The first-order valence-electron chi connectivity index (χ1n) is 5.97. The molecular formula is C15H12O5. The summed E-state index contributed by atoms with van der Waals surface area (Å²) in [7, 11) is 0. The van der Waals surface area contributed by atoms with Crippen LogP contribution in [0.1, 0.15) is 17.2 Å². The topological polar surface area (TPSA) is 90.2 Å². The molecule has 1 unspecified atom stereocenters. The number of benzene rings is 2. The van der Waals surface area contributed by atoms with Gasteiger partial charge < -0.3 is 25.2 Å². The molecule has 0 bridgehead atoms. The van der Waals surface area contributed by atoms with Crippen molar-refractivity contribution in [1.82, 2.24) is 0 Å². The van der Waals surface area contributed by atoms with Gasteiger partial charge >= 0.3 is 0 Å². The van der Waals surface area contributed by atoms with E-state index in [9.17, 15) is 20.4 Å². The maximum absolute atomic E-state index is 9.71. The summed E-state index contributed by atoms with van der Waals surface area (Å²) in [6, 6.07) is 7.04. The lowest BCUT2D eigenvalue weighted by molar-refractivity contribution is 0.248. The Morgan fingerprint density at radius 1 is 0.850 bits per heavy atom. The minimum Gasteiger partial charge on any atom is -0.508 e. The first-order chi connectivity index (χ1) is 9.54. The Morgan fingerprint density at radius 2 is 1.65 bits per heavy atom. The lowest BCUT2D eigenvalue weighted by atomic mass is 10.0. The molecule has 1 heterocycles. The van der Waals surface area contributed by atoms with Crippen LogP contribution >= 0.6 is 0 Å². The predicted octanol–water partition coefficient (Wildman–Crippen LogP) is 2.66. The molecule has 5 nitrogen and oxygen atoms in total. The number of phenolic OH excluding ortho intramolecular Hbond substituents is 4. The van der Waals surface area contributed by atoms with Crippen LogP contribution in [0.5, 0.6) is 28.7 Å². The summed E-state index contributed by atoms with van der Waals surface area (Å²) < 4.78 is 5.67. The minimum absolute atomic E-state index is 0.0664. The van der Waals surface area contributed by atoms with Gasteiger partial charge in [0, 0.05) is 17.7 Å². The van der Waals surface area contributed by atoms with Crippen molar-refractivity contribution in [2.75, 3.05) is 0 Å². The zero-order chi connectivity index (χ0) is 14.3.